The lowest BCUT2D eigenvalue weighted by atomic mass is 10.1. The summed E-state index contributed by atoms with van der Waals surface area (Å²) in [6, 6.07) is -0.588. The molecule has 1 aromatic rings. The van der Waals surface area contributed by atoms with Gasteiger partial charge in [0.1, 0.15) is 6.04 Å². The number of carboxylic acids is 1. The van der Waals surface area contributed by atoms with Gasteiger partial charge in [0.2, 0.25) is 0 Å². The van der Waals surface area contributed by atoms with E-state index in [2.05, 4.69) is 5.10 Å². The first-order valence-electron chi connectivity index (χ1n) is 5.63. The Kier molecular flexibility index (Phi) is 4.49. The van der Waals surface area contributed by atoms with Gasteiger partial charge in [-0.2, -0.15) is 5.10 Å². The number of carboxylic acid groups (broad SMARTS) is 1. The summed E-state index contributed by atoms with van der Waals surface area (Å²) >= 11 is 0. The first kappa shape index (κ1) is 12.7. The molecule has 1 atom stereocenters. The van der Waals surface area contributed by atoms with E-state index >= 15 is 0 Å². The van der Waals surface area contributed by atoms with Crippen LogP contribution in [0.5, 0.6) is 0 Å². The van der Waals surface area contributed by atoms with E-state index in [0.29, 0.717) is 13.1 Å². The number of aliphatic carboxylic acids is 1. The van der Waals surface area contributed by atoms with Crippen molar-refractivity contribution in [2.75, 3.05) is 13.1 Å². The highest BCUT2D eigenvalue weighted by atomic mass is 16.4. The van der Waals surface area contributed by atoms with Crippen molar-refractivity contribution in [3.63, 3.8) is 0 Å². The predicted octanol–water partition coefficient (Wildman–Crippen LogP) is 1.37. The molecular formula is C11H19N3O2. The minimum absolute atomic E-state index is 0.588. The van der Waals surface area contributed by atoms with Crippen molar-refractivity contribution in [3.05, 3.63) is 18.0 Å². The maximum Gasteiger partial charge on any atom is 0.325 e. The zero-order chi connectivity index (χ0) is 12.1. The number of likely N-dealkylation sites (N-methyl/N-ethyl adjacent to an activating group) is 1. The van der Waals surface area contributed by atoms with Gasteiger partial charge in [-0.3, -0.25) is 14.4 Å². The van der Waals surface area contributed by atoms with E-state index in [4.69, 9.17) is 0 Å². The molecule has 0 fully saturated rings. The fourth-order valence-electron chi connectivity index (χ4n) is 1.79. The second-order valence-electron chi connectivity index (χ2n) is 3.59. The molecule has 16 heavy (non-hydrogen) atoms. The highest BCUT2D eigenvalue weighted by Gasteiger charge is 2.26. The Morgan fingerprint density at radius 2 is 2.12 bits per heavy atom. The monoisotopic (exact) mass is 225 g/mol. The van der Waals surface area contributed by atoms with E-state index in [1.807, 2.05) is 25.7 Å². The number of nitrogens with zero attached hydrogens (tertiary/aromatic N) is 3. The molecule has 0 aromatic carbocycles. The quantitative estimate of drug-likeness (QED) is 0.794. The Bertz CT molecular complexity index is 345. The van der Waals surface area contributed by atoms with Crippen molar-refractivity contribution < 1.29 is 9.90 Å². The van der Waals surface area contributed by atoms with Crippen molar-refractivity contribution in [2.45, 2.75) is 33.4 Å². The zero-order valence-corrected chi connectivity index (χ0v) is 10.1. The molecule has 1 unspecified atom stereocenters. The van der Waals surface area contributed by atoms with Crippen LogP contribution in [0.4, 0.5) is 0 Å². The summed E-state index contributed by atoms with van der Waals surface area (Å²) < 4.78 is 1.74. The minimum Gasteiger partial charge on any atom is -0.480 e. The molecule has 0 bridgehead atoms. The fourth-order valence-corrected chi connectivity index (χ4v) is 1.79. The molecule has 90 valence electrons. The molecule has 1 rings (SSSR count). The van der Waals surface area contributed by atoms with Gasteiger partial charge in [-0.25, -0.2) is 0 Å². The Hall–Kier alpha value is -1.36. The summed E-state index contributed by atoms with van der Waals surface area (Å²) in [7, 11) is 0. The SMILES string of the molecule is CCN(CC)C(C(=O)O)c1cnn(CC)c1. The summed E-state index contributed by atoms with van der Waals surface area (Å²) in [5.41, 5.74) is 0.748. The van der Waals surface area contributed by atoms with Crippen LogP contribution in [0.1, 0.15) is 32.4 Å². The molecule has 1 N–H and O–H groups in total. The van der Waals surface area contributed by atoms with Gasteiger partial charge in [-0.05, 0) is 20.0 Å². The Morgan fingerprint density at radius 3 is 2.50 bits per heavy atom. The smallest absolute Gasteiger partial charge is 0.325 e. The van der Waals surface area contributed by atoms with Crippen molar-refractivity contribution in [2.24, 2.45) is 0 Å². The van der Waals surface area contributed by atoms with E-state index < -0.39 is 12.0 Å². The molecule has 0 aliphatic rings. The largest absolute Gasteiger partial charge is 0.480 e. The Morgan fingerprint density at radius 1 is 1.50 bits per heavy atom. The molecule has 0 saturated heterocycles. The molecule has 0 aliphatic heterocycles. The summed E-state index contributed by atoms with van der Waals surface area (Å²) in [6.45, 7) is 8.08. The fraction of sp³-hybridized carbons (Fsp3) is 0.636. The molecular weight excluding hydrogens is 206 g/mol. The van der Waals surface area contributed by atoms with Gasteiger partial charge in [0.25, 0.3) is 0 Å². The van der Waals surface area contributed by atoms with Crippen LogP contribution in [-0.4, -0.2) is 38.8 Å². The van der Waals surface area contributed by atoms with Crippen LogP contribution in [0.2, 0.25) is 0 Å². The number of hydrogen-bond acceptors (Lipinski definition) is 3. The third kappa shape index (κ3) is 2.61. The summed E-state index contributed by atoms with van der Waals surface area (Å²) in [5.74, 6) is -0.820. The molecule has 5 nitrogen and oxygen atoms in total. The van der Waals surface area contributed by atoms with Crippen LogP contribution in [0.3, 0.4) is 0 Å². The van der Waals surface area contributed by atoms with Gasteiger partial charge in [0.05, 0.1) is 6.20 Å². The average Bonchev–Trinajstić information content (AvgIpc) is 2.73. The maximum absolute atomic E-state index is 11.3. The van der Waals surface area contributed by atoms with Gasteiger partial charge in [0.15, 0.2) is 0 Å². The lowest BCUT2D eigenvalue weighted by Gasteiger charge is -2.25. The number of aromatic nitrogens is 2. The van der Waals surface area contributed by atoms with Crippen molar-refractivity contribution in [1.82, 2.24) is 14.7 Å². The van der Waals surface area contributed by atoms with Crippen LogP contribution in [0, 0.1) is 0 Å². The van der Waals surface area contributed by atoms with Crippen LogP contribution in [0.15, 0.2) is 12.4 Å². The number of carbonyl (C=O) groups is 1. The van der Waals surface area contributed by atoms with E-state index in [-0.39, 0.29) is 0 Å². The molecule has 5 heteroatoms. The minimum atomic E-state index is -0.820. The van der Waals surface area contributed by atoms with Gasteiger partial charge in [0, 0.05) is 18.3 Å². The molecule has 1 heterocycles. The van der Waals surface area contributed by atoms with E-state index in [0.717, 1.165) is 12.1 Å². The molecule has 0 radical (unpaired) electrons. The second kappa shape index (κ2) is 5.65. The molecule has 0 spiro atoms. The van der Waals surface area contributed by atoms with Gasteiger partial charge in [-0.15, -0.1) is 0 Å². The Balaban J connectivity index is 2.97. The van der Waals surface area contributed by atoms with E-state index in [9.17, 15) is 9.90 Å². The molecule has 1 aromatic heterocycles. The van der Waals surface area contributed by atoms with Gasteiger partial charge >= 0.3 is 5.97 Å². The van der Waals surface area contributed by atoms with Crippen LogP contribution in [-0.2, 0) is 11.3 Å². The molecule has 0 amide bonds. The van der Waals surface area contributed by atoms with Crippen LogP contribution < -0.4 is 0 Å². The second-order valence-corrected chi connectivity index (χ2v) is 3.59. The predicted molar refractivity (Wildman–Crippen MR) is 61.2 cm³/mol. The highest BCUT2D eigenvalue weighted by Crippen LogP contribution is 2.20. The third-order valence-electron chi connectivity index (χ3n) is 2.70. The lowest BCUT2D eigenvalue weighted by Crippen LogP contribution is -2.33. The first-order valence-corrected chi connectivity index (χ1v) is 5.63. The zero-order valence-electron chi connectivity index (χ0n) is 10.1. The number of aryl methyl sites for hydroxylation is 1. The number of hydrogen-bond donors (Lipinski definition) is 1. The van der Waals surface area contributed by atoms with Crippen LogP contribution >= 0.6 is 0 Å². The van der Waals surface area contributed by atoms with Gasteiger partial charge in [-0.1, -0.05) is 13.8 Å². The Labute approximate surface area is 95.7 Å². The van der Waals surface area contributed by atoms with E-state index in [1.54, 1.807) is 17.1 Å². The average molecular weight is 225 g/mol. The first-order chi connectivity index (χ1) is 7.63. The number of rotatable bonds is 6. The standard InChI is InChI=1S/C11H19N3O2/c1-4-13(5-2)10(11(15)16)9-7-12-14(6-3)8-9/h7-8,10H,4-6H2,1-3H3,(H,15,16). The molecule has 0 aliphatic carbocycles. The van der Waals surface area contributed by atoms with Crippen molar-refractivity contribution in [1.29, 1.82) is 0 Å². The normalized spacial score (nSPS) is 13.0. The van der Waals surface area contributed by atoms with Crippen LogP contribution in [0.25, 0.3) is 0 Å². The van der Waals surface area contributed by atoms with E-state index in [1.165, 1.54) is 0 Å². The topological polar surface area (TPSA) is 58.4 Å². The van der Waals surface area contributed by atoms with Crippen molar-refractivity contribution >= 4 is 5.97 Å². The summed E-state index contributed by atoms with van der Waals surface area (Å²) in [4.78, 5) is 13.2. The van der Waals surface area contributed by atoms with Crippen molar-refractivity contribution in [3.8, 4) is 0 Å². The lowest BCUT2D eigenvalue weighted by molar-refractivity contribution is -0.143. The molecule has 0 saturated carbocycles. The van der Waals surface area contributed by atoms with Gasteiger partial charge < -0.3 is 5.11 Å². The third-order valence-corrected chi connectivity index (χ3v) is 2.70. The summed E-state index contributed by atoms with van der Waals surface area (Å²) in [5, 5.41) is 13.4. The summed E-state index contributed by atoms with van der Waals surface area (Å²) in [6.07, 6.45) is 3.44. The maximum atomic E-state index is 11.3. The highest BCUT2D eigenvalue weighted by molar-refractivity contribution is 5.75.